The number of furan rings is 1. The van der Waals surface area contributed by atoms with E-state index in [1.54, 1.807) is 18.3 Å². The zero-order valence-electron chi connectivity index (χ0n) is 46.2. The third-order valence-electron chi connectivity index (χ3n) is 14.5. The second kappa shape index (κ2) is 20.0. The van der Waals surface area contributed by atoms with Gasteiger partial charge in [-0.3, -0.25) is 9.55 Å². The van der Waals surface area contributed by atoms with Crippen molar-refractivity contribution in [1.82, 2.24) is 23.9 Å². The number of phenols is 1. The van der Waals surface area contributed by atoms with Crippen LogP contribution in [0, 0.1) is 29.0 Å². The fourth-order valence-electron chi connectivity index (χ4n) is 10.2. The normalized spacial score (nSPS) is 12.4. The molecule has 13 heteroatoms. The second-order valence-corrected chi connectivity index (χ2v) is 30.5. The molecule has 11 rings (SSSR count). The summed E-state index contributed by atoms with van der Waals surface area (Å²) in [5.74, 6) is -0.224. The van der Waals surface area contributed by atoms with Gasteiger partial charge in [-0.25, -0.2) is 18.7 Å². The zero-order valence-corrected chi connectivity index (χ0v) is 50.3. The smallest absolute Gasteiger partial charge is 0.174 e. The molecule has 11 aromatic rings. The van der Waals surface area contributed by atoms with Crippen LogP contribution in [-0.2, 0) is 37.3 Å². The summed E-state index contributed by atoms with van der Waals surface area (Å²) in [6.45, 7) is 26.2. The molecule has 0 atom stereocenters. The van der Waals surface area contributed by atoms with Crippen LogP contribution in [0.15, 0.2) is 138 Å². The standard InChI is InChI=1S/C66H59F2N6O2SSi.Pt/c1-64(2,3)42-21-22-55(47(31-42)37-17-14-13-15-18-37)74-56-20-16-19-46(58(56)71-62(74)52-32-43(65(4,5)6)33-53(59(52)75)66(7,8)9)40-27-50-49-29-41(36-69)48(61-72-63(77-73-61)78(10,11)12)35-57(49)76-60(50)51(28-40)54-30-38(23-24-70-54)39-25-44(67)34-45(68)26-39;/h13-27,29-35,75H,1-12H3;/q-1;. The molecule has 4 aromatic heterocycles. The summed E-state index contributed by atoms with van der Waals surface area (Å²) in [6.07, 6.45) is 1.60. The maximum absolute atomic E-state index is 14.8. The van der Waals surface area contributed by atoms with Crippen LogP contribution in [0.3, 0.4) is 0 Å². The van der Waals surface area contributed by atoms with Gasteiger partial charge in [-0.2, -0.15) is 9.64 Å². The minimum absolute atomic E-state index is 0. The van der Waals surface area contributed by atoms with Crippen LogP contribution in [-0.4, -0.2) is 37.1 Å². The monoisotopic (exact) mass is 1260 g/mol. The average molecular weight is 1260 g/mol. The molecule has 0 saturated heterocycles. The van der Waals surface area contributed by atoms with Crippen LogP contribution >= 0.6 is 11.5 Å². The van der Waals surface area contributed by atoms with Gasteiger partial charge in [0.15, 0.2) is 5.82 Å². The number of hydrogen-bond acceptors (Lipinski definition) is 8. The number of aromatic hydroxyl groups is 1. The van der Waals surface area contributed by atoms with Gasteiger partial charge in [-0.15, -0.1) is 17.7 Å². The minimum atomic E-state index is -1.82. The van der Waals surface area contributed by atoms with Gasteiger partial charge in [0.05, 0.1) is 44.1 Å². The quantitative estimate of drug-likeness (QED) is 0.119. The van der Waals surface area contributed by atoms with E-state index in [9.17, 15) is 19.1 Å². The minimum Gasteiger partial charge on any atom is -0.507 e. The van der Waals surface area contributed by atoms with Gasteiger partial charge in [0.1, 0.15) is 36.9 Å². The van der Waals surface area contributed by atoms with Crippen molar-refractivity contribution in [2.45, 2.75) is 98.2 Å². The van der Waals surface area contributed by atoms with E-state index >= 15 is 0 Å². The van der Waals surface area contributed by atoms with E-state index < -0.39 is 25.1 Å². The molecule has 0 aliphatic heterocycles. The maximum Gasteiger partial charge on any atom is 0.174 e. The van der Waals surface area contributed by atoms with E-state index in [4.69, 9.17) is 23.7 Å². The number of fused-ring (bicyclic) bond motifs is 4. The molecule has 4 heterocycles. The molecule has 8 nitrogen and oxygen atoms in total. The number of imidazole rings is 1. The average Bonchev–Trinajstić information content (AvgIpc) is 4.33. The Morgan fingerprint density at radius 3 is 2.04 bits per heavy atom. The van der Waals surface area contributed by atoms with Crippen molar-refractivity contribution in [3.05, 3.63) is 174 Å². The Morgan fingerprint density at radius 1 is 0.671 bits per heavy atom. The van der Waals surface area contributed by atoms with Crippen molar-refractivity contribution in [1.29, 1.82) is 5.26 Å². The number of pyridine rings is 1. The Balaban J connectivity index is 0.00000704. The number of phenolic OH excluding ortho intramolecular Hbond substituents is 1. The molecular formula is C66H59F2N6O2PtSSi-. The molecule has 0 bridgehead atoms. The van der Waals surface area contributed by atoms with E-state index in [2.05, 4.69) is 147 Å². The Labute approximate surface area is 479 Å². The molecule has 0 radical (unpaired) electrons. The Bertz CT molecular complexity index is 4240. The predicted octanol–water partition coefficient (Wildman–Crippen LogP) is 17.3. The Kier molecular flexibility index (Phi) is 13.9. The summed E-state index contributed by atoms with van der Waals surface area (Å²) in [4.78, 5) is 15.4. The van der Waals surface area contributed by atoms with Gasteiger partial charge in [0, 0.05) is 61.1 Å². The van der Waals surface area contributed by atoms with Crippen molar-refractivity contribution >= 4 is 57.2 Å². The van der Waals surface area contributed by atoms with E-state index in [1.807, 2.05) is 48.5 Å². The van der Waals surface area contributed by atoms with Gasteiger partial charge < -0.3 is 9.52 Å². The number of halogens is 2. The van der Waals surface area contributed by atoms with Crippen molar-refractivity contribution in [2.75, 3.05) is 0 Å². The molecule has 7 aromatic carbocycles. The van der Waals surface area contributed by atoms with E-state index in [0.29, 0.717) is 83.7 Å². The van der Waals surface area contributed by atoms with Gasteiger partial charge in [-0.1, -0.05) is 154 Å². The molecule has 0 unspecified atom stereocenters. The zero-order chi connectivity index (χ0) is 55.4. The maximum atomic E-state index is 14.8. The topological polar surface area (TPSA) is 114 Å². The van der Waals surface area contributed by atoms with E-state index in [-0.39, 0.29) is 37.6 Å². The molecule has 0 aliphatic carbocycles. The van der Waals surface area contributed by atoms with Crippen LogP contribution in [0.25, 0.3) is 106 Å². The number of benzene rings is 7. The first-order chi connectivity index (χ1) is 36.8. The Hall–Kier alpha value is -7.42. The number of rotatable bonds is 8. The molecular weight excluding hydrogens is 1200 g/mol. The summed E-state index contributed by atoms with van der Waals surface area (Å²) in [5.41, 5.74) is 12.1. The van der Waals surface area contributed by atoms with E-state index in [1.165, 1.54) is 23.7 Å². The van der Waals surface area contributed by atoms with Gasteiger partial charge in [0.2, 0.25) is 0 Å². The van der Waals surface area contributed by atoms with Crippen LogP contribution in [0.2, 0.25) is 19.6 Å². The van der Waals surface area contributed by atoms with Crippen molar-refractivity contribution in [3.8, 4) is 84.9 Å². The van der Waals surface area contributed by atoms with Crippen molar-refractivity contribution < 1.29 is 39.4 Å². The van der Waals surface area contributed by atoms with Gasteiger partial charge >= 0.3 is 0 Å². The molecule has 1 N–H and O–H groups in total. The Morgan fingerprint density at radius 2 is 1.38 bits per heavy atom. The summed E-state index contributed by atoms with van der Waals surface area (Å²) < 4.78 is 44.3. The van der Waals surface area contributed by atoms with Crippen molar-refractivity contribution in [3.63, 3.8) is 0 Å². The summed E-state index contributed by atoms with van der Waals surface area (Å²) in [6, 6.07) is 46.0. The second-order valence-electron chi connectivity index (χ2n) is 24.4. The summed E-state index contributed by atoms with van der Waals surface area (Å²) in [5, 5.41) is 24.8. The number of para-hydroxylation sites is 1. The van der Waals surface area contributed by atoms with Gasteiger partial charge in [-0.05, 0) is 116 Å². The number of nitrogens with zero attached hydrogens (tertiary/aromatic N) is 6. The molecule has 0 aliphatic rings. The number of nitriles is 1. The van der Waals surface area contributed by atoms with E-state index in [0.717, 1.165) is 55.3 Å². The molecule has 400 valence electrons. The summed E-state index contributed by atoms with van der Waals surface area (Å²) in [7, 11) is -1.82. The van der Waals surface area contributed by atoms with Crippen LogP contribution in [0.4, 0.5) is 8.78 Å². The molecule has 79 heavy (non-hydrogen) atoms. The SMILES string of the molecule is CC(C)(C)c1ccc(-n2c(-c3cc(C(C)(C)C)cc(C(C)(C)C)c3O)nc3c(-c4[c-]c(-c5cc(-c6cc(F)cc(F)c6)ccn5)c5oc6cc(-c7nsc([Si](C)(C)C)n7)c(C#N)cc6c5c4)cccc32)c(-c2ccccc2)c1.[Pt]. The first-order valence-electron chi connectivity index (χ1n) is 26.1. The van der Waals surface area contributed by atoms with Crippen LogP contribution in [0.5, 0.6) is 5.75 Å². The molecule has 0 saturated carbocycles. The van der Waals surface area contributed by atoms with Crippen LogP contribution < -0.4 is 4.63 Å². The fourth-order valence-corrected chi connectivity index (χ4v) is 12.3. The molecule has 0 spiro atoms. The third-order valence-corrected chi connectivity index (χ3v) is 18.5. The third kappa shape index (κ3) is 10.2. The van der Waals surface area contributed by atoms with Crippen molar-refractivity contribution in [2.24, 2.45) is 0 Å². The number of hydrogen-bond donors (Lipinski definition) is 1. The molecule has 0 fully saturated rings. The van der Waals surface area contributed by atoms with Gasteiger partial charge in [0.25, 0.3) is 0 Å². The first kappa shape index (κ1) is 54.9. The fraction of sp³-hybridized carbons (Fsp3) is 0.227. The predicted molar refractivity (Wildman–Crippen MR) is 316 cm³/mol. The molecule has 0 amide bonds. The number of aromatic nitrogens is 5. The van der Waals surface area contributed by atoms with Crippen LogP contribution in [0.1, 0.15) is 84.6 Å². The largest absolute Gasteiger partial charge is 0.507 e. The first-order valence-corrected chi connectivity index (χ1v) is 30.4. The summed E-state index contributed by atoms with van der Waals surface area (Å²) >= 11 is 1.37.